The topological polar surface area (TPSA) is 190 Å². The van der Waals surface area contributed by atoms with Crippen LogP contribution in [-0.4, -0.2) is 104 Å². The second-order valence-electron chi connectivity index (χ2n) is 19.0. The molecule has 0 bridgehead atoms. The monoisotopic (exact) mass is 1260 g/mol. The molecule has 0 radical (unpaired) electrons. The third-order valence-corrected chi connectivity index (χ3v) is 13.5. The fourth-order valence-electron chi connectivity index (χ4n) is 9.58. The van der Waals surface area contributed by atoms with Gasteiger partial charge in [0, 0.05) is 13.1 Å². The van der Waals surface area contributed by atoms with Gasteiger partial charge < -0.3 is 24.0 Å². The van der Waals surface area contributed by atoms with Gasteiger partial charge in [-0.1, -0.05) is 19.1 Å². The molecule has 2 aliphatic rings. The van der Waals surface area contributed by atoms with Crippen LogP contribution >= 0.6 is 0 Å². The second kappa shape index (κ2) is 25.0. The highest BCUT2D eigenvalue weighted by atomic mass is 19.4. The summed E-state index contributed by atoms with van der Waals surface area (Å²) in [5, 5.41) is 24.3. The van der Waals surface area contributed by atoms with Crippen molar-refractivity contribution >= 4 is 40.9 Å². The summed E-state index contributed by atoms with van der Waals surface area (Å²) in [5.41, 5.74) is -11.4. The third kappa shape index (κ3) is 14.6. The number of hydrogen-bond acceptors (Lipinski definition) is 14. The van der Waals surface area contributed by atoms with E-state index in [-0.39, 0.29) is 61.8 Å². The number of hydrogen-bond donors (Lipinski definition) is 1. The fourth-order valence-corrected chi connectivity index (χ4v) is 9.58. The van der Waals surface area contributed by atoms with Crippen LogP contribution in [0, 0.1) is 0 Å². The fraction of sp³-hybridized carbons (Fsp3) is 0.431. The Balaban J connectivity index is 0.000000250. The molecule has 2 aliphatic heterocycles. The quantitative estimate of drug-likeness (QED) is 0.0692. The van der Waals surface area contributed by atoms with Crippen molar-refractivity contribution < 1.29 is 108 Å². The Morgan fingerprint density at radius 1 is 0.517 bits per heavy atom. The van der Waals surface area contributed by atoms with Crippen LogP contribution in [0.1, 0.15) is 109 Å². The standard InChI is InChI=1S/C27H25F9N6O4.C24H21F9N6O2/c1-4-18-12-40(20-11-15(25(28,29)30)6-7-19(20)42(18)24(44)46-5-2)22(23-37-39-41(38-23)13-21(43)45-3)14-8-16(26(31,32)33)10-17(9-14)27(34,35)36;1-3-16-11-38(18-10-13(22(25,26)27)5-6-17(18)39(16)21(40)41-4-2)19(20-34-36-37-35-20)12-7-14(23(28,29)30)9-15(8-12)24(31,32)33/h6-11,18,22H,4-5,12-13H2,1-3H3;5-10,16,19H,3-4,11H2,1-2H3,(H,34,35,36,37). The van der Waals surface area contributed by atoms with Gasteiger partial charge in [0.25, 0.3) is 0 Å². The average Bonchev–Trinajstić information content (AvgIpc) is 1.39. The smallest absolute Gasteiger partial charge is 0.416 e. The van der Waals surface area contributed by atoms with Crippen molar-refractivity contribution in [2.24, 2.45) is 0 Å². The molecule has 2 aromatic heterocycles. The van der Waals surface area contributed by atoms with Crippen molar-refractivity contribution in [1.82, 2.24) is 40.8 Å². The van der Waals surface area contributed by atoms with Gasteiger partial charge in [-0.2, -0.15) is 89.0 Å². The minimum absolute atomic E-state index is 0.0681. The van der Waals surface area contributed by atoms with Crippen LogP contribution < -0.4 is 19.6 Å². The number of fused-ring (bicyclic) bond motifs is 2. The number of anilines is 4. The molecule has 6 aromatic rings. The van der Waals surface area contributed by atoms with E-state index in [2.05, 4.69) is 40.8 Å². The number of halogens is 18. The lowest BCUT2D eigenvalue weighted by Gasteiger charge is -2.45. The summed E-state index contributed by atoms with van der Waals surface area (Å²) >= 11 is 0. The third-order valence-electron chi connectivity index (χ3n) is 13.5. The van der Waals surface area contributed by atoms with Crippen LogP contribution in [0.2, 0.25) is 0 Å². The molecule has 36 heteroatoms. The lowest BCUT2D eigenvalue weighted by molar-refractivity contribution is -0.144. The summed E-state index contributed by atoms with van der Waals surface area (Å²) in [6.45, 7) is 4.67. The molecule has 0 saturated carbocycles. The summed E-state index contributed by atoms with van der Waals surface area (Å²) < 4.78 is 264. The highest BCUT2D eigenvalue weighted by Gasteiger charge is 2.47. The predicted molar refractivity (Wildman–Crippen MR) is 265 cm³/mol. The highest BCUT2D eigenvalue weighted by Crippen LogP contribution is 2.50. The van der Waals surface area contributed by atoms with Gasteiger partial charge in [0.1, 0.15) is 12.1 Å². The number of tetrazole rings is 2. The van der Waals surface area contributed by atoms with Crippen molar-refractivity contribution in [2.45, 2.75) is 108 Å². The summed E-state index contributed by atoms with van der Waals surface area (Å²) in [6, 6.07) is 0.855. The number of carbonyl (C=O) groups excluding carboxylic acids is 3. The number of amides is 2. The maximum Gasteiger partial charge on any atom is 0.416 e. The molecule has 4 atom stereocenters. The minimum atomic E-state index is -5.27. The van der Waals surface area contributed by atoms with E-state index in [1.807, 2.05) is 0 Å². The molecule has 0 saturated heterocycles. The summed E-state index contributed by atoms with van der Waals surface area (Å²) in [7, 11) is 1.04. The second-order valence-corrected chi connectivity index (χ2v) is 19.0. The zero-order valence-corrected chi connectivity index (χ0v) is 45.4. The number of nitrogens with one attached hydrogen (secondary N) is 1. The molecule has 0 spiro atoms. The zero-order valence-electron chi connectivity index (χ0n) is 45.4. The number of alkyl halides is 18. The van der Waals surface area contributed by atoms with Gasteiger partial charge in [-0.3, -0.25) is 9.80 Å². The Bertz CT molecular complexity index is 3360. The number of aromatic amines is 1. The Morgan fingerprint density at radius 3 is 1.22 bits per heavy atom. The molecular formula is C51H46F18N12O6. The Labute approximate surface area is 478 Å². The molecule has 1 N–H and O–H groups in total. The van der Waals surface area contributed by atoms with Crippen molar-refractivity contribution in [2.75, 3.05) is 53.0 Å². The lowest BCUT2D eigenvalue weighted by Crippen LogP contribution is -2.53. The van der Waals surface area contributed by atoms with Crippen LogP contribution in [0.25, 0.3) is 0 Å². The molecule has 18 nitrogen and oxygen atoms in total. The molecule has 472 valence electrons. The number of H-pyrrole nitrogens is 1. The van der Waals surface area contributed by atoms with Crippen molar-refractivity contribution in [1.29, 1.82) is 0 Å². The summed E-state index contributed by atoms with van der Waals surface area (Å²) in [4.78, 5) is 42.7. The van der Waals surface area contributed by atoms with Crippen molar-refractivity contribution in [3.8, 4) is 0 Å². The molecule has 2 amide bonds. The lowest BCUT2D eigenvalue weighted by atomic mass is 9.94. The molecule has 87 heavy (non-hydrogen) atoms. The summed E-state index contributed by atoms with van der Waals surface area (Å²) in [5.74, 6) is -1.85. The first-order valence-corrected chi connectivity index (χ1v) is 25.5. The number of ether oxygens (including phenoxy) is 3. The van der Waals surface area contributed by atoms with Gasteiger partial charge in [0.15, 0.2) is 6.54 Å². The SMILES string of the molecule is CCOC(=O)N1c2ccc(C(F)(F)F)cc2N(C(c2cc(C(F)(F)F)cc(C(F)(F)F)c2)c2nn[nH]n2)CC1CC.CCOC(=O)N1c2ccc(C(F)(F)F)cc2N(C(c2cc(C(F)(F)F)cc(C(F)(F)F)c2)c2nnn(CC(=O)OC)n2)CC1CC. The van der Waals surface area contributed by atoms with Gasteiger partial charge in [0.05, 0.1) is 88.5 Å². The molecule has 4 heterocycles. The van der Waals surface area contributed by atoms with E-state index in [0.29, 0.717) is 53.3 Å². The molecule has 0 fully saturated rings. The van der Waals surface area contributed by atoms with E-state index in [9.17, 15) is 93.4 Å². The Kier molecular flexibility index (Phi) is 18.9. The van der Waals surface area contributed by atoms with Crippen LogP contribution in [0.5, 0.6) is 0 Å². The van der Waals surface area contributed by atoms with Gasteiger partial charge in [-0.15, -0.1) is 20.4 Å². The predicted octanol–water partition coefficient (Wildman–Crippen LogP) is 12.9. The number of rotatable bonds is 12. The minimum Gasteiger partial charge on any atom is -0.468 e. The summed E-state index contributed by atoms with van der Waals surface area (Å²) in [6.07, 6.45) is -32.3. The largest absolute Gasteiger partial charge is 0.468 e. The maximum atomic E-state index is 13.9. The average molecular weight is 1260 g/mol. The van der Waals surface area contributed by atoms with Gasteiger partial charge in [0.2, 0.25) is 11.6 Å². The normalized spacial score (nSPS) is 16.5. The van der Waals surface area contributed by atoms with Gasteiger partial charge >= 0.3 is 55.2 Å². The number of aromatic nitrogens is 8. The zero-order chi connectivity index (χ0) is 64.5. The molecule has 4 aromatic carbocycles. The van der Waals surface area contributed by atoms with E-state index < -0.39 is 154 Å². The van der Waals surface area contributed by atoms with E-state index in [1.54, 1.807) is 13.8 Å². The maximum absolute atomic E-state index is 13.9. The van der Waals surface area contributed by atoms with Crippen molar-refractivity contribution in [3.63, 3.8) is 0 Å². The number of benzene rings is 4. The van der Waals surface area contributed by atoms with Gasteiger partial charge in [-0.05, 0) is 116 Å². The van der Waals surface area contributed by atoms with Crippen LogP contribution in [-0.2, 0) is 62.6 Å². The molecule has 0 aliphatic carbocycles. The van der Waals surface area contributed by atoms with Gasteiger partial charge in [-0.25, -0.2) is 14.4 Å². The first-order chi connectivity index (χ1) is 40.4. The number of methoxy groups -OCH3 is 1. The first kappa shape index (κ1) is 65.9. The number of carbonyl (C=O) groups is 3. The van der Waals surface area contributed by atoms with E-state index in [1.165, 1.54) is 13.8 Å². The Morgan fingerprint density at radius 2 is 0.897 bits per heavy atom. The highest BCUT2D eigenvalue weighted by molar-refractivity contribution is 5.96. The van der Waals surface area contributed by atoms with Crippen molar-refractivity contribution in [3.05, 3.63) is 129 Å². The number of nitrogens with zero attached hydrogens (tertiary/aromatic N) is 11. The molecular weight excluding hydrogens is 1220 g/mol. The first-order valence-electron chi connectivity index (χ1n) is 25.5. The molecule has 8 rings (SSSR count). The van der Waals surface area contributed by atoms with E-state index in [0.717, 1.165) is 38.8 Å². The van der Waals surface area contributed by atoms with Crippen LogP contribution in [0.15, 0.2) is 72.8 Å². The van der Waals surface area contributed by atoms with Crippen LogP contribution in [0.3, 0.4) is 0 Å². The van der Waals surface area contributed by atoms with E-state index in [4.69, 9.17) is 9.47 Å². The van der Waals surface area contributed by atoms with Crippen LogP contribution in [0.4, 0.5) is 111 Å². The number of esters is 1. The Hall–Kier alpha value is -8.63. The molecule has 4 unspecified atom stereocenters. The van der Waals surface area contributed by atoms with E-state index >= 15 is 0 Å².